The summed E-state index contributed by atoms with van der Waals surface area (Å²) in [6, 6.07) is 0. The highest BCUT2D eigenvalue weighted by atomic mass is 16.3. The van der Waals surface area contributed by atoms with E-state index in [1.54, 1.807) is 0 Å². The van der Waals surface area contributed by atoms with Crippen molar-refractivity contribution in [1.29, 1.82) is 0 Å². The Morgan fingerprint density at radius 1 is 1.38 bits per heavy atom. The van der Waals surface area contributed by atoms with Crippen molar-refractivity contribution in [3.8, 4) is 0 Å². The van der Waals surface area contributed by atoms with Crippen LogP contribution in [-0.2, 0) is 0 Å². The molecule has 1 atom stereocenters. The summed E-state index contributed by atoms with van der Waals surface area (Å²) in [6.45, 7) is 0. The average Bonchev–Trinajstić information content (AvgIpc) is 1.98. The maximum atomic E-state index is 8.70. The van der Waals surface area contributed by atoms with Crippen LogP contribution in [0.25, 0.3) is 0 Å². The van der Waals surface area contributed by atoms with Crippen LogP contribution in [0.15, 0.2) is 11.5 Å². The zero-order valence-corrected chi connectivity index (χ0v) is 4.33. The van der Waals surface area contributed by atoms with Crippen molar-refractivity contribution in [1.82, 2.24) is 0 Å². The van der Waals surface area contributed by atoms with Crippen LogP contribution in [0.1, 0.15) is 12.8 Å². The molecule has 8 heavy (non-hydrogen) atoms. The molecule has 1 aliphatic carbocycles. The highest BCUT2D eigenvalue weighted by Crippen LogP contribution is 2.21. The molecule has 0 radical (unpaired) electrons. The van der Waals surface area contributed by atoms with Crippen LogP contribution in [0, 0.1) is 0 Å². The second kappa shape index (κ2) is 1.67. The standard InChI is InChI=1S/C5H8O3/c6-3-1-2-4(7)5(3)8/h3,6-8H,1-2H2. The van der Waals surface area contributed by atoms with E-state index in [0.29, 0.717) is 12.8 Å². The van der Waals surface area contributed by atoms with Gasteiger partial charge in [0, 0.05) is 6.42 Å². The molecule has 0 aliphatic heterocycles. The average molecular weight is 116 g/mol. The highest BCUT2D eigenvalue weighted by molar-refractivity contribution is 5.10. The lowest BCUT2D eigenvalue weighted by Crippen LogP contribution is -2.03. The first-order chi connectivity index (χ1) is 3.72. The van der Waals surface area contributed by atoms with Crippen LogP contribution in [-0.4, -0.2) is 21.4 Å². The van der Waals surface area contributed by atoms with Gasteiger partial charge < -0.3 is 15.3 Å². The Balaban J connectivity index is 2.71. The fourth-order valence-electron chi connectivity index (χ4n) is 0.731. The molecule has 3 nitrogen and oxygen atoms in total. The zero-order chi connectivity index (χ0) is 6.15. The van der Waals surface area contributed by atoms with Gasteiger partial charge in [0.2, 0.25) is 0 Å². The van der Waals surface area contributed by atoms with Crippen molar-refractivity contribution in [3.05, 3.63) is 11.5 Å². The predicted molar refractivity (Wildman–Crippen MR) is 27.5 cm³/mol. The summed E-state index contributed by atoms with van der Waals surface area (Å²) in [4.78, 5) is 0. The van der Waals surface area contributed by atoms with E-state index in [9.17, 15) is 0 Å². The Morgan fingerprint density at radius 2 is 2.00 bits per heavy atom. The van der Waals surface area contributed by atoms with E-state index in [0.717, 1.165) is 0 Å². The molecule has 0 saturated heterocycles. The third-order valence-corrected chi connectivity index (χ3v) is 1.27. The molecule has 0 aromatic rings. The minimum atomic E-state index is -0.824. The van der Waals surface area contributed by atoms with E-state index in [4.69, 9.17) is 15.3 Å². The number of rotatable bonds is 0. The van der Waals surface area contributed by atoms with Gasteiger partial charge in [0.05, 0.1) is 0 Å². The number of aliphatic hydroxyl groups is 3. The minimum absolute atomic E-state index is 0.0718. The SMILES string of the molecule is OC1=C(O)C(O)CC1. The van der Waals surface area contributed by atoms with Gasteiger partial charge in [0.1, 0.15) is 11.9 Å². The molecule has 3 heteroatoms. The molecule has 3 N–H and O–H groups in total. The molecule has 0 heterocycles. The predicted octanol–water partition coefficient (Wildman–Crippen LogP) is 0.469. The Kier molecular flexibility index (Phi) is 1.13. The molecular formula is C5H8O3. The Morgan fingerprint density at radius 3 is 2.12 bits per heavy atom. The van der Waals surface area contributed by atoms with Gasteiger partial charge >= 0.3 is 0 Å². The van der Waals surface area contributed by atoms with Crippen LogP contribution >= 0.6 is 0 Å². The first-order valence-electron chi connectivity index (χ1n) is 2.51. The Hall–Kier alpha value is -0.700. The molecule has 1 unspecified atom stereocenters. The first kappa shape index (κ1) is 5.44. The van der Waals surface area contributed by atoms with E-state index >= 15 is 0 Å². The molecule has 1 aliphatic rings. The third kappa shape index (κ3) is 0.648. The van der Waals surface area contributed by atoms with E-state index in [1.165, 1.54) is 0 Å². The highest BCUT2D eigenvalue weighted by Gasteiger charge is 2.21. The molecule has 1 rings (SSSR count). The maximum absolute atomic E-state index is 8.70. The number of hydrogen-bond donors (Lipinski definition) is 3. The van der Waals surface area contributed by atoms with Crippen molar-refractivity contribution < 1.29 is 15.3 Å². The molecule has 46 valence electrons. The summed E-state index contributed by atoms with van der Waals surface area (Å²) in [7, 11) is 0. The van der Waals surface area contributed by atoms with Crippen molar-refractivity contribution >= 4 is 0 Å². The van der Waals surface area contributed by atoms with Gasteiger partial charge in [-0.1, -0.05) is 0 Å². The first-order valence-corrected chi connectivity index (χ1v) is 2.51. The van der Waals surface area contributed by atoms with Crippen molar-refractivity contribution in [2.45, 2.75) is 18.9 Å². The molecule has 0 aromatic carbocycles. The number of hydrogen-bond acceptors (Lipinski definition) is 3. The van der Waals surface area contributed by atoms with E-state index in [2.05, 4.69) is 0 Å². The second-order valence-corrected chi connectivity index (χ2v) is 1.89. The van der Waals surface area contributed by atoms with Gasteiger partial charge in [0.25, 0.3) is 0 Å². The van der Waals surface area contributed by atoms with Gasteiger partial charge in [-0.25, -0.2) is 0 Å². The van der Waals surface area contributed by atoms with Gasteiger partial charge in [0.15, 0.2) is 5.76 Å². The topological polar surface area (TPSA) is 60.7 Å². The van der Waals surface area contributed by atoms with Crippen LogP contribution in [0.4, 0.5) is 0 Å². The summed E-state index contributed by atoms with van der Waals surface area (Å²) < 4.78 is 0. The summed E-state index contributed by atoms with van der Waals surface area (Å²) in [5.41, 5.74) is 0. The minimum Gasteiger partial charge on any atom is -0.509 e. The molecule has 0 aromatic heterocycles. The smallest absolute Gasteiger partial charge is 0.158 e. The summed E-state index contributed by atoms with van der Waals surface area (Å²) in [6.07, 6.45) is 0.0139. The lowest BCUT2D eigenvalue weighted by molar-refractivity contribution is 0.156. The molecule has 0 amide bonds. The molecule has 0 fully saturated rings. The molecular weight excluding hydrogens is 108 g/mol. The van der Waals surface area contributed by atoms with Crippen molar-refractivity contribution in [2.75, 3.05) is 0 Å². The van der Waals surface area contributed by atoms with E-state index < -0.39 is 6.10 Å². The summed E-state index contributed by atoms with van der Waals surface area (Å²) in [5, 5.41) is 26.0. The quantitative estimate of drug-likeness (QED) is 0.431. The van der Waals surface area contributed by atoms with Crippen LogP contribution in [0.2, 0.25) is 0 Å². The number of aliphatic hydroxyl groups excluding tert-OH is 3. The lowest BCUT2D eigenvalue weighted by atomic mass is 10.3. The van der Waals surface area contributed by atoms with Crippen LogP contribution in [0.3, 0.4) is 0 Å². The van der Waals surface area contributed by atoms with Gasteiger partial charge in [-0.2, -0.15) is 0 Å². The van der Waals surface area contributed by atoms with Crippen LogP contribution < -0.4 is 0 Å². The summed E-state index contributed by atoms with van der Waals surface area (Å²) in [5.74, 6) is -0.331. The van der Waals surface area contributed by atoms with Gasteiger partial charge in [-0.3, -0.25) is 0 Å². The zero-order valence-electron chi connectivity index (χ0n) is 4.33. The van der Waals surface area contributed by atoms with E-state index in [1.807, 2.05) is 0 Å². The van der Waals surface area contributed by atoms with E-state index in [-0.39, 0.29) is 11.5 Å². The lowest BCUT2D eigenvalue weighted by Gasteiger charge is -1.96. The molecule has 0 spiro atoms. The maximum Gasteiger partial charge on any atom is 0.158 e. The fraction of sp³-hybridized carbons (Fsp3) is 0.600. The largest absolute Gasteiger partial charge is 0.509 e. The molecule has 0 bridgehead atoms. The van der Waals surface area contributed by atoms with Crippen molar-refractivity contribution in [2.24, 2.45) is 0 Å². The third-order valence-electron chi connectivity index (χ3n) is 1.27. The fourth-order valence-corrected chi connectivity index (χ4v) is 0.731. The second-order valence-electron chi connectivity index (χ2n) is 1.89. The van der Waals surface area contributed by atoms with Crippen molar-refractivity contribution in [3.63, 3.8) is 0 Å². The number of allylic oxidation sites excluding steroid dienone is 1. The van der Waals surface area contributed by atoms with Crippen LogP contribution in [0.5, 0.6) is 0 Å². The monoisotopic (exact) mass is 116 g/mol. The molecule has 0 saturated carbocycles. The van der Waals surface area contributed by atoms with Gasteiger partial charge in [-0.15, -0.1) is 0 Å². The Labute approximate surface area is 46.9 Å². The van der Waals surface area contributed by atoms with Gasteiger partial charge in [-0.05, 0) is 6.42 Å². The summed E-state index contributed by atoms with van der Waals surface area (Å²) >= 11 is 0. The normalized spacial score (nSPS) is 29.4. The Bertz CT molecular complexity index is 128.